The molecule has 0 aliphatic heterocycles. The molecule has 1 aliphatic rings. The van der Waals surface area contributed by atoms with Gasteiger partial charge in [0.2, 0.25) is 0 Å². The highest BCUT2D eigenvalue weighted by Crippen LogP contribution is 2.29. The molecule has 1 aliphatic carbocycles. The molecule has 1 aromatic heterocycles. The zero-order chi connectivity index (χ0) is 13.7. The van der Waals surface area contributed by atoms with Crippen LogP contribution in [0.2, 0.25) is 0 Å². The monoisotopic (exact) mass is 278 g/mol. The van der Waals surface area contributed by atoms with Crippen molar-refractivity contribution >= 4 is 11.8 Å². The van der Waals surface area contributed by atoms with Gasteiger partial charge in [0.05, 0.1) is 12.3 Å². The minimum absolute atomic E-state index is 0.312. The number of nitrogens with one attached hydrogen (secondary N) is 1. The molecule has 0 amide bonds. The second kappa shape index (κ2) is 6.49. The number of hydrogen-bond donors (Lipinski definition) is 1. The Labute approximate surface area is 119 Å². The molecular formula is C15H22N2OS. The third-order valence-electron chi connectivity index (χ3n) is 3.69. The Morgan fingerprint density at radius 3 is 2.89 bits per heavy atom. The highest BCUT2D eigenvalue weighted by molar-refractivity contribution is 7.99. The van der Waals surface area contributed by atoms with Crippen molar-refractivity contribution in [1.82, 2.24) is 5.32 Å². The summed E-state index contributed by atoms with van der Waals surface area (Å²) in [6.45, 7) is 4.09. The van der Waals surface area contributed by atoms with Crippen molar-refractivity contribution in [2.45, 2.75) is 62.4 Å². The number of aryl methyl sites for hydroxylation is 1. The Balaban J connectivity index is 1.76. The Bertz CT molecular complexity index is 447. The van der Waals surface area contributed by atoms with Gasteiger partial charge in [-0.25, -0.2) is 0 Å². The van der Waals surface area contributed by atoms with Crippen molar-refractivity contribution in [1.29, 1.82) is 5.26 Å². The molecule has 0 radical (unpaired) electrons. The summed E-state index contributed by atoms with van der Waals surface area (Å²) in [6, 6.07) is 5.10. The fourth-order valence-corrected chi connectivity index (χ4v) is 3.13. The first-order valence-corrected chi connectivity index (χ1v) is 8.03. The normalized spacial score (nSPS) is 17.9. The highest BCUT2D eigenvalue weighted by Gasteiger charge is 2.34. The highest BCUT2D eigenvalue weighted by atomic mass is 32.2. The third-order valence-corrected chi connectivity index (χ3v) is 4.92. The van der Waals surface area contributed by atoms with Gasteiger partial charge >= 0.3 is 0 Å². The summed E-state index contributed by atoms with van der Waals surface area (Å²) in [4.78, 5) is 1.22. The van der Waals surface area contributed by atoms with Crippen LogP contribution in [0.4, 0.5) is 0 Å². The van der Waals surface area contributed by atoms with E-state index in [-0.39, 0.29) is 5.54 Å². The van der Waals surface area contributed by atoms with Gasteiger partial charge in [-0.1, -0.05) is 6.92 Å². The fourth-order valence-electron chi connectivity index (χ4n) is 2.22. The van der Waals surface area contributed by atoms with Crippen molar-refractivity contribution in [2.75, 3.05) is 5.75 Å². The van der Waals surface area contributed by atoms with Crippen LogP contribution in [0, 0.1) is 18.3 Å². The van der Waals surface area contributed by atoms with Crippen LogP contribution in [0.1, 0.15) is 44.8 Å². The van der Waals surface area contributed by atoms with Crippen LogP contribution in [-0.4, -0.2) is 17.3 Å². The van der Waals surface area contributed by atoms with Crippen LogP contribution in [-0.2, 0) is 0 Å². The van der Waals surface area contributed by atoms with E-state index < -0.39 is 0 Å². The van der Waals surface area contributed by atoms with E-state index in [1.807, 2.05) is 24.8 Å². The molecule has 1 N–H and O–H groups in total. The largest absolute Gasteiger partial charge is 0.468 e. The lowest BCUT2D eigenvalue weighted by atomic mass is 9.92. The van der Waals surface area contributed by atoms with Gasteiger partial charge in [0.15, 0.2) is 0 Å². The first kappa shape index (κ1) is 14.5. The molecule has 19 heavy (non-hydrogen) atoms. The molecule has 2 rings (SSSR count). The summed E-state index contributed by atoms with van der Waals surface area (Å²) in [6.07, 6.45) is 7.06. The molecule has 1 atom stereocenters. The van der Waals surface area contributed by atoms with Crippen molar-refractivity contribution in [2.24, 2.45) is 0 Å². The molecule has 3 nitrogen and oxygen atoms in total. The summed E-state index contributed by atoms with van der Waals surface area (Å²) >= 11 is 1.82. The molecular weight excluding hydrogens is 256 g/mol. The Morgan fingerprint density at radius 1 is 1.58 bits per heavy atom. The smallest absolute Gasteiger partial charge is 0.114 e. The fraction of sp³-hybridized carbons (Fsp3) is 0.667. The average molecular weight is 278 g/mol. The predicted octanol–water partition coefficient (Wildman–Crippen LogP) is 3.88. The maximum atomic E-state index is 9.45. The molecule has 4 heteroatoms. The van der Waals surface area contributed by atoms with Gasteiger partial charge in [-0.3, -0.25) is 5.32 Å². The zero-order valence-corrected chi connectivity index (χ0v) is 12.6. The maximum Gasteiger partial charge on any atom is 0.114 e. The van der Waals surface area contributed by atoms with E-state index in [1.165, 1.54) is 17.7 Å². The molecule has 0 saturated heterocycles. The van der Waals surface area contributed by atoms with Crippen LogP contribution in [0.3, 0.4) is 0 Å². The van der Waals surface area contributed by atoms with Gasteiger partial charge in [0.1, 0.15) is 11.3 Å². The molecule has 104 valence electrons. The zero-order valence-electron chi connectivity index (χ0n) is 11.7. The van der Waals surface area contributed by atoms with E-state index in [0.29, 0.717) is 6.04 Å². The van der Waals surface area contributed by atoms with Gasteiger partial charge in [-0.05, 0) is 50.8 Å². The topological polar surface area (TPSA) is 49.0 Å². The van der Waals surface area contributed by atoms with Crippen molar-refractivity contribution in [3.8, 4) is 6.07 Å². The summed E-state index contributed by atoms with van der Waals surface area (Å²) in [5, 5.41) is 13.0. The van der Waals surface area contributed by atoms with Crippen LogP contribution in [0.25, 0.3) is 0 Å². The molecule has 1 saturated carbocycles. The number of nitrogens with zero attached hydrogens (tertiary/aromatic N) is 1. The summed E-state index contributed by atoms with van der Waals surface area (Å²) in [7, 11) is 0. The van der Waals surface area contributed by atoms with E-state index in [4.69, 9.17) is 4.42 Å². The molecule has 0 bridgehead atoms. The van der Waals surface area contributed by atoms with E-state index >= 15 is 0 Å². The first-order valence-electron chi connectivity index (χ1n) is 7.05. The third kappa shape index (κ3) is 4.02. The molecule has 1 unspecified atom stereocenters. The van der Waals surface area contributed by atoms with Gasteiger partial charge < -0.3 is 4.42 Å². The maximum absolute atomic E-state index is 9.45. The molecule has 0 spiro atoms. The van der Waals surface area contributed by atoms with Crippen LogP contribution >= 0.6 is 11.8 Å². The lowest BCUT2D eigenvalue weighted by Crippen LogP contribution is -2.44. The number of furan rings is 1. The van der Waals surface area contributed by atoms with Gasteiger partial charge in [0.25, 0.3) is 0 Å². The van der Waals surface area contributed by atoms with E-state index in [2.05, 4.69) is 18.3 Å². The molecule has 1 fully saturated rings. The SMILES string of the molecule is CCC(C#N)(CCCSc1ccoc1C)NC1CC1. The Morgan fingerprint density at radius 2 is 2.37 bits per heavy atom. The molecule has 0 aromatic carbocycles. The average Bonchev–Trinajstić information content (AvgIpc) is 3.15. The van der Waals surface area contributed by atoms with E-state index in [1.54, 1.807) is 6.26 Å². The Kier molecular flexibility index (Phi) is 4.95. The minimum Gasteiger partial charge on any atom is -0.468 e. The van der Waals surface area contributed by atoms with Crippen LogP contribution in [0.5, 0.6) is 0 Å². The van der Waals surface area contributed by atoms with Crippen LogP contribution < -0.4 is 5.32 Å². The Hall–Kier alpha value is -0.920. The summed E-state index contributed by atoms with van der Waals surface area (Å²) in [5.74, 6) is 2.03. The van der Waals surface area contributed by atoms with Gasteiger partial charge in [-0.15, -0.1) is 11.8 Å². The van der Waals surface area contributed by atoms with E-state index in [0.717, 1.165) is 30.8 Å². The van der Waals surface area contributed by atoms with Crippen molar-refractivity contribution in [3.63, 3.8) is 0 Å². The first-order chi connectivity index (χ1) is 9.19. The number of nitriles is 1. The lowest BCUT2D eigenvalue weighted by Gasteiger charge is -2.26. The standard InChI is InChI=1S/C15H22N2OS/c1-3-15(11-16,17-13-5-6-13)8-4-10-19-14-7-9-18-12(14)2/h7,9,13,17H,3-6,8,10H2,1-2H3. The summed E-state index contributed by atoms with van der Waals surface area (Å²) < 4.78 is 5.28. The van der Waals surface area contributed by atoms with Gasteiger partial charge in [-0.2, -0.15) is 5.26 Å². The predicted molar refractivity (Wildman–Crippen MR) is 78.2 cm³/mol. The molecule has 1 aromatic rings. The van der Waals surface area contributed by atoms with E-state index in [9.17, 15) is 5.26 Å². The quantitative estimate of drug-likeness (QED) is 0.579. The van der Waals surface area contributed by atoms with Crippen molar-refractivity contribution < 1.29 is 4.42 Å². The van der Waals surface area contributed by atoms with Crippen LogP contribution in [0.15, 0.2) is 21.6 Å². The number of rotatable bonds is 8. The second-order valence-electron chi connectivity index (χ2n) is 5.26. The summed E-state index contributed by atoms with van der Waals surface area (Å²) in [5.41, 5.74) is -0.312. The number of thioether (sulfide) groups is 1. The number of hydrogen-bond acceptors (Lipinski definition) is 4. The minimum atomic E-state index is -0.312. The second-order valence-corrected chi connectivity index (χ2v) is 6.40. The lowest BCUT2D eigenvalue weighted by molar-refractivity contribution is 0.367. The molecule has 1 heterocycles. The van der Waals surface area contributed by atoms with Crippen molar-refractivity contribution in [3.05, 3.63) is 18.1 Å². The van der Waals surface area contributed by atoms with Gasteiger partial charge in [0, 0.05) is 10.9 Å².